The largest absolute Gasteiger partial charge is 0.368 e. The zero-order valence-corrected chi connectivity index (χ0v) is 10.9. The van der Waals surface area contributed by atoms with E-state index in [1.54, 1.807) is 0 Å². The highest BCUT2D eigenvalue weighted by molar-refractivity contribution is 9.10. The van der Waals surface area contributed by atoms with Crippen LogP contribution >= 0.6 is 15.9 Å². The summed E-state index contributed by atoms with van der Waals surface area (Å²) >= 11 is 3.57. The molecule has 0 radical (unpaired) electrons. The number of piperazine rings is 1. The second kappa shape index (κ2) is 4.34. The van der Waals surface area contributed by atoms with E-state index < -0.39 is 0 Å². The van der Waals surface area contributed by atoms with Crippen LogP contribution < -0.4 is 4.90 Å². The summed E-state index contributed by atoms with van der Waals surface area (Å²) in [4.78, 5) is 9.19. The Morgan fingerprint density at radius 1 is 1.19 bits per heavy atom. The lowest BCUT2D eigenvalue weighted by Gasteiger charge is -2.36. The fourth-order valence-electron chi connectivity index (χ4n) is 2.39. The highest BCUT2D eigenvalue weighted by Crippen LogP contribution is 2.30. The zero-order valence-electron chi connectivity index (χ0n) is 9.27. The summed E-state index contributed by atoms with van der Waals surface area (Å²) in [5, 5.41) is 0. The first-order chi connectivity index (χ1) is 7.84. The van der Waals surface area contributed by atoms with Gasteiger partial charge in [-0.3, -0.25) is 9.88 Å². The molecule has 1 saturated carbocycles. The Balaban J connectivity index is 1.67. The van der Waals surface area contributed by atoms with E-state index in [0.29, 0.717) is 0 Å². The third-order valence-corrected chi connectivity index (χ3v) is 4.08. The number of hydrogen-bond donors (Lipinski definition) is 0. The average molecular weight is 282 g/mol. The van der Waals surface area contributed by atoms with Gasteiger partial charge in [0.15, 0.2) is 0 Å². The van der Waals surface area contributed by atoms with Crippen LogP contribution in [0.2, 0.25) is 0 Å². The molecule has 1 aromatic heterocycles. The molecule has 2 fully saturated rings. The number of nitrogens with zero attached hydrogens (tertiary/aromatic N) is 3. The summed E-state index contributed by atoms with van der Waals surface area (Å²) in [6.45, 7) is 4.69. The molecule has 2 aliphatic rings. The molecule has 3 rings (SSSR count). The van der Waals surface area contributed by atoms with Gasteiger partial charge in [-0.25, -0.2) is 0 Å². The average Bonchev–Trinajstić information content (AvgIpc) is 3.14. The van der Waals surface area contributed by atoms with E-state index >= 15 is 0 Å². The summed E-state index contributed by atoms with van der Waals surface area (Å²) in [7, 11) is 0. The molecule has 0 amide bonds. The molecular weight excluding hydrogens is 266 g/mol. The number of rotatable bonds is 2. The van der Waals surface area contributed by atoms with Gasteiger partial charge >= 0.3 is 0 Å². The van der Waals surface area contributed by atoms with Gasteiger partial charge < -0.3 is 4.90 Å². The molecule has 4 heteroatoms. The molecule has 1 aliphatic heterocycles. The molecule has 0 bridgehead atoms. The van der Waals surface area contributed by atoms with Gasteiger partial charge in [-0.1, -0.05) is 0 Å². The summed E-state index contributed by atoms with van der Waals surface area (Å²) in [5.41, 5.74) is 1.28. The number of hydrogen-bond acceptors (Lipinski definition) is 3. The summed E-state index contributed by atoms with van der Waals surface area (Å²) in [6, 6.07) is 3.00. The minimum atomic E-state index is 0.906. The smallest absolute Gasteiger partial charge is 0.0592 e. The van der Waals surface area contributed by atoms with E-state index in [0.717, 1.165) is 23.6 Å². The molecule has 86 valence electrons. The Labute approximate surface area is 105 Å². The van der Waals surface area contributed by atoms with Crippen molar-refractivity contribution in [3.8, 4) is 0 Å². The van der Waals surface area contributed by atoms with Gasteiger partial charge in [0.2, 0.25) is 0 Å². The normalized spacial score (nSPS) is 22.4. The van der Waals surface area contributed by atoms with Gasteiger partial charge in [-0.2, -0.15) is 0 Å². The fraction of sp³-hybridized carbons (Fsp3) is 0.583. The Morgan fingerprint density at radius 2 is 1.94 bits per heavy atom. The second-order valence-corrected chi connectivity index (χ2v) is 5.44. The molecule has 16 heavy (non-hydrogen) atoms. The van der Waals surface area contributed by atoms with Gasteiger partial charge in [-0.15, -0.1) is 0 Å². The van der Waals surface area contributed by atoms with Gasteiger partial charge in [0, 0.05) is 44.6 Å². The lowest BCUT2D eigenvalue weighted by atomic mass is 10.2. The maximum atomic E-state index is 4.11. The second-order valence-electron chi connectivity index (χ2n) is 4.58. The number of pyridine rings is 1. The van der Waals surface area contributed by atoms with Crippen molar-refractivity contribution < 1.29 is 0 Å². The molecule has 3 nitrogen and oxygen atoms in total. The zero-order chi connectivity index (χ0) is 11.0. The number of anilines is 1. The van der Waals surface area contributed by atoms with Crippen LogP contribution in [0.25, 0.3) is 0 Å². The van der Waals surface area contributed by atoms with Crippen molar-refractivity contribution >= 4 is 21.6 Å². The van der Waals surface area contributed by atoms with Gasteiger partial charge in [0.05, 0.1) is 10.2 Å². The van der Waals surface area contributed by atoms with Crippen molar-refractivity contribution in [2.45, 2.75) is 18.9 Å². The monoisotopic (exact) mass is 281 g/mol. The van der Waals surface area contributed by atoms with E-state index in [1.165, 1.54) is 31.6 Å². The van der Waals surface area contributed by atoms with Crippen LogP contribution in [0.3, 0.4) is 0 Å². The standard InChI is InChI=1S/C12H16BrN3/c13-11-9-14-4-3-12(11)16-7-5-15(6-8-16)10-1-2-10/h3-4,9-10H,1-2,5-8H2. The topological polar surface area (TPSA) is 19.4 Å². The first-order valence-electron chi connectivity index (χ1n) is 5.93. The molecule has 0 aromatic carbocycles. The molecule has 2 heterocycles. The van der Waals surface area contributed by atoms with Crippen molar-refractivity contribution in [2.24, 2.45) is 0 Å². The summed E-state index contributed by atoms with van der Waals surface area (Å²) in [6.07, 6.45) is 6.58. The van der Waals surface area contributed by atoms with Crippen LogP contribution in [-0.2, 0) is 0 Å². The van der Waals surface area contributed by atoms with Gasteiger partial charge in [0.1, 0.15) is 0 Å². The Hall–Kier alpha value is -0.610. The van der Waals surface area contributed by atoms with Crippen molar-refractivity contribution in [1.29, 1.82) is 0 Å². The first kappa shape index (κ1) is 10.5. The van der Waals surface area contributed by atoms with Crippen molar-refractivity contribution in [3.63, 3.8) is 0 Å². The molecule has 1 aromatic rings. The minimum Gasteiger partial charge on any atom is -0.368 e. The van der Waals surface area contributed by atoms with Crippen LogP contribution in [0.5, 0.6) is 0 Å². The van der Waals surface area contributed by atoms with Crippen molar-refractivity contribution in [1.82, 2.24) is 9.88 Å². The van der Waals surface area contributed by atoms with E-state index in [2.05, 4.69) is 36.8 Å². The molecule has 0 spiro atoms. The Kier molecular flexibility index (Phi) is 2.86. The van der Waals surface area contributed by atoms with Crippen LogP contribution in [-0.4, -0.2) is 42.1 Å². The van der Waals surface area contributed by atoms with Gasteiger partial charge in [-0.05, 0) is 34.8 Å². The number of aromatic nitrogens is 1. The Morgan fingerprint density at radius 3 is 2.56 bits per heavy atom. The van der Waals surface area contributed by atoms with Crippen molar-refractivity contribution in [2.75, 3.05) is 31.1 Å². The molecule has 0 N–H and O–H groups in total. The fourth-order valence-corrected chi connectivity index (χ4v) is 2.89. The van der Waals surface area contributed by atoms with E-state index in [1.807, 2.05) is 12.4 Å². The highest BCUT2D eigenvalue weighted by Gasteiger charge is 2.31. The predicted octanol–water partition coefficient (Wildman–Crippen LogP) is 2.13. The SMILES string of the molecule is Brc1cnccc1N1CCN(C2CC2)CC1. The molecular formula is C12H16BrN3. The minimum absolute atomic E-state index is 0.906. The van der Waals surface area contributed by atoms with Crippen LogP contribution in [0.1, 0.15) is 12.8 Å². The van der Waals surface area contributed by atoms with Crippen LogP contribution in [0.4, 0.5) is 5.69 Å². The highest BCUT2D eigenvalue weighted by atomic mass is 79.9. The lowest BCUT2D eigenvalue weighted by Crippen LogP contribution is -2.47. The predicted molar refractivity (Wildman–Crippen MR) is 68.7 cm³/mol. The van der Waals surface area contributed by atoms with E-state index in [-0.39, 0.29) is 0 Å². The molecule has 0 unspecified atom stereocenters. The lowest BCUT2D eigenvalue weighted by molar-refractivity contribution is 0.248. The molecule has 1 saturated heterocycles. The molecule has 0 atom stereocenters. The van der Waals surface area contributed by atoms with Gasteiger partial charge in [0.25, 0.3) is 0 Å². The third-order valence-electron chi connectivity index (χ3n) is 3.47. The van der Waals surface area contributed by atoms with Crippen LogP contribution in [0.15, 0.2) is 22.9 Å². The van der Waals surface area contributed by atoms with E-state index in [4.69, 9.17) is 0 Å². The van der Waals surface area contributed by atoms with Crippen molar-refractivity contribution in [3.05, 3.63) is 22.9 Å². The Bertz CT molecular complexity index is 370. The summed E-state index contributed by atoms with van der Waals surface area (Å²) < 4.78 is 1.11. The quantitative estimate of drug-likeness (QED) is 0.828. The van der Waals surface area contributed by atoms with Crippen LogP contribution in [0, 0.1) is 0 Å². The third kappa shape index (κ3) is 2.09. The first-order valence-corrected chi connectivity index (χ1v) is 6.72. The summed E-state index contributed by atoms with van der Waals surface area (Å²) in [5.74, 6) is 0. The maximum absolute atomic E-state index is 4.11. The number of halogens is 1. The van der Waals surface area contributed by atoms with E-state index in [9.17, 15) is 0 Å². The molecule has 1 aliphatic carbocycles. The maximum Gasteiger partial charge on any atom is 0.0592 e.